The first kappa shape index (κ1) is 13.8. The lowest BCUT2D eigenvalue weighted by atomic mass is 9.99. The molecule has 5 atom stereocenters. The molecule has 1 aliphatic rings. The first-order valence-electron chi connectivity index (χ1n) is 5.18. The number of ether oxygens (including phenoxy) is 2. The standard InChI is InChI=1S/C9H19NO6/c1-10-2-3-15-9-8(14)7(13)6(12)5(4-11)16-9/h5-14H,2-4H2,1H3/t5?,6-,7?,8?,9-/m1/s1. The van der Waals surface area contributed by atoms with Gasteiger partial charge < -0.3 is 35.2 Å². The SMILES string of the molecule is CNCCO[C@@H]1OC(CO)[C@@H](O)C(O)C1O. The Labute approximate surface area is 93.6 Å². The molecule has 96 valence electrons. The molecule has 1 rings (SSSR count). The summed E-state index contributed by atoms with van der Waals surface area (Å²) in [5.74, 6) is 0. The predicted octanol–water partition coefficient (Wildman–Crippen LogP) is -2.98. The quantitative estimate of drug-likeness (QED) is 0.324. The van der Waals surface area contributed by atoms with Crippen LogP contribution in [0.3, 0.4) is 0 Å². The van der Waals surface area contributed by atoms with Crippen molar-refractivity contribution in [1.29, 1.82) is 0 Å². The van der Waals surface area contributed by atoms with E-state index in [1.165, 1.54) is 0 Å². The normalized spacial score (nSPS) is 39.9. The van der Waals surface area contributed by atoms with Crippen LogP contribution in [0.25, 0.3) is 0 Å². The van der Waals surface area contributed by atoms with Crippen molar-refractivity contribution in [2.45, 2.75) is 30.7 Å². The zero-order valence-corrected chi connectivity index (χ0v) is 9.11. The van der Waals surface area contributed by atoms with Gasteiger partial charge in [0.05, 0.1) is 13.2 Å². The van der Waals surface area contributed by atoms with Gasteiger partial charge in [0.25, 0.3) is 0 Å². The summed E-state index contributed by atoms with van der Waals surface area (Å²) in [6.07, 6.45) is -6.01. The Morgan fingerprint density at radius 3 is 2.44 bits per heavy atom. The molecule has 0 saturated carbocycles. The average molecular weight is 237 g/mol. The average Bonchev–Trinajstić information content (AvgIpc) is 2.29. The fourth-order valence-electron chi connectivity index (χ4n) is 1.48. The molecule has 0 bridgehead atoms. The number of nitrogens with one attached hydrogen (secondary N) is 1. The number of hydrogen-bond donors (Lipinski definition) is 5. The maximum Gasteiger partial charge on any atom is 0.186 e. The molecule has 0 aliphatic carbocycles. The predicted molar refractivity (Wildman–Crippen MR) is 53.6 cm³/mol. The lowest BCUT2D eigenvalue weighted by Crippen LogP contribution is -2.59. The first-order chi connectivity index (χ1) is 7.61. The van der Waals surface area contributed by atoms with Crippen LogP contribution < -0.4 is 5.32 Å². The molecule has 1 fully saturated rings. The molecule has 1 saturated heterocycles. The van der Waals surface area contributed by atoms with Crippen molar-refractivity contribution in [3.8, 4) is 0 Å². The fraction of sp³-hybridized carbons (Fsp3) is 1.00. The minimum Gasteiger partial charge on any atom is -0.394 e. The van der Waals surface area contributed by atoms with Gasteiger partial charge >= 0.3 is 0 Å². The summed E-state index contributed by atoms with van der Waals surface area (Å²) < 4.78 is 10.3. The molecule has 0 aromatic rings. The maximum atomic E-state index is 9.56. The minimum atomic E-state index is -1.38. The summed E-state index contributed by atoms with van der Waals surface area (Å²) >= 11 is 0. The third-order valence-electron chi connectivity index (χ3n) is 2.48. The van der Waals surface area contributed by atoms with Crippen molar-refractivity contribution in [2.24, 2.45) is 0 Å². The van der Waals surface area contributed by atoms with E-state index in [4.69, 9.17) is 14.6 Å². The highest BCUT2D eigenvalue weighted by atomic mass is 16.7. The van der Waals surface area contributed by atoms with E-state index in [0.29, 0.717) is 13.2 Å². The Kier molecular flexibility index (Phi) is 5.56. The van der Waals surface area contributed by atoms with E-state index in [1.807, 2.05) is 0 Å². The highest BCUT2D eigenvalue weighted by Gasteiger charge is 2.43. The van der Waals surface area contributed by atoms with Crippen LogP contribution in [0.15, 0.2) is 0 Å². The van der Waals surface area contributed by atoms with E-state index in [0.717, 1.165) is 0 Å². The highest BCUT2D eigenvalue weighted by Crippen LogP contribution is 2.21. The van der Waals surface area contributed by atoms with Crippen LogP contribution in [-0.4, -0.2) is 77.9 Å². The van der Waals surface area contributed by atoms with E-state index in [9.17, 15) is 15.3 Å². The van der Waals surface area contributed by atoms with Crippen LogP contribution >= 0.6 is 0 Å². The molecule has 3 unspecified atom stereocenters. The third kappa shape index (κ3) is 3.11. The Bertz CT molecular complexity index is 202. The summed E-state index contributed by atoms with van der Waals surface area (Å²) in [7, 11) is 1.75. The number of hydrogen-bond acceptors (Lipinski definition) is 7. The lowest BCUT2D eigenvalue weighted by molar-refractivity contribution is -0.300. The van der Waals surface area contributed by atoms with Gasteiger partial charge in [0, 0.05) is 6.54 Å². The number of rotatable bonds is 5. The van der Waals surface area contributed by atoms with Crippen LogP contribution in [-0.2, 0) is 9.47 Å². The van der Waals surface area contributed by atoms with Crippen molar-refractivity contribution in [2.75, 3.05) is 26.8 Å². The molecule has 1 heterocycles. The van der Waals surface area contributed by atoms with Crippen LogP contribution in [0.2, 0.25) is 0 Å². The van der Waals surface area contributed by atoms with Crippen molar-refractivity contribution in [3.63, 3.8) is 0 Å². The zero-order valence-electron chi connectivity index (χ0n) is 9.11. The smallest absolute Gasteiger partial charge is 0.186 e. The van der Waals surface area contributed by atoms with E-state index in [2.05, 4.69) is 5.32 Å². The Balaban J connectivity index is 2.50. The van der Waals surface area contributed by atoms with Gasteiger partial charge in [-0.1, -0.05) is 0 Å². The zero-order chi connectivity index (χ0) is 12.1. The van der Waals surface area contributed by atoms with E-state index >= 15 is 0 Å². The Morgan fingerprint density at radius 1 is 1.19 bits per heavy atom. The third-order valence-corrected chi connectivity index (χ3v) is 2.48. The van der Waals surface area contributed by atoms with E-state index < -0.39 is 37.3 Å². The van der Waals surface area contributed by atoms with Crippen LogP contribution in [0, 0.1) is 0 Å². The molecule has 0 radical (unpaired) electrons. The maximum absolute atomic E-state index is 9.56. The summed E-state index contributed by atoms with van der Waals surface area (Å²) in [6.45, 7) is 0.408. The highest BCUT2D eigenvalue weighted by molar-refractivity contribution is 4.88. The molecule has 16 heavy (non-hydrogen) atoms. The van der Waals surface area contributed by atoms with Gasteiger partial charge in [0.2, 0.25) is 0 Å². The molecule has 0 spiro atoms. The number of aliphatic hydroxyl groups excluding tert-OH is 4. The van der Waals surface area contributed by atoms with Crippen molar-refractivity contribution in [3.05, 3.63) is 0 Å². The molecule has 1 aliphatic heterocycles. The van der Waals surface area contributed by atoms with Gasteiger partial charge in [-0.3, -0.25) is 0 Å². The molecule has 7 nitrogen and oxygen atoms in total. The van der Waals surface area contributed by atoms with Crippen LogP contribution in [0.4, 0.5) is 0 Å². The molecule has 0 aromatic heterocycles. The monoisotopic (exact) mass is 237 g/mol. The summed E-state index contributed by atoms with van der Waals surface area (Å²) in [4.78, 5) is 0. The minimum absolute atomic E-state index is 0.291. The largest absolute Gasteiger partial charge is 0.394 e. The molecule has 0 amide bonds. The van der Waals surface area contributed by atoms with Crippen molar-refractivity contribution < 1.29 is 29.9 Å². The van der Waals surface area contributed by atoms with Gasteiger partial charge in [0.1, 0.15) is 24.4 Å². The topological polar surface area (TPSA) is 111 Å². The number of aliphatic hydroxyl groups is 4. The summed E-state index contributed by atoms with van der Waals surface area (Å²) in [5, 5.41) is 40.2. The van der Waals surface area contributed by atoms with Gasteiger partial charge in [-0.15, -0.1) is 0 Å². The summed E-state index contributed by atoms with van der Waals surface area (Å²) in [6, 6.07) is 0. The molecule has 5 N–H and O–H groups in total. The summed E-state index contributed by atoms with van der Waals surface area (Å²) in [5.41, 5.74) is 0. The Morgan fingerprint density at radius 2 is 1.88 bits per heavy atom. The lowest BCUT2D eigenvalue weighted by Gasteiger charge is -2.39. The first-order valence-corrected chi connectivity index (χ1v) is 5.18. The van der Waals surface area contributed by atoms with Gasteiger partial charge in [-0.25, -0.2) is 0 Å². The molecule has 0 aromatic carbocycles. The van der Waals surface area contributed by atoms with Crippen LogP contribution in [0.1, 0.15) is 0 Å². The fourth-order valence-corrected chi connectivity index (χ4v) is 1.48. The van der Waals surface area contributed by atoms with Crippen LogP contribution in [0.5, 0.6) is 0 Å². The second kappa shape index (κ2) is 6.45. The molecular weight excluding hydrogens is 218 g/mol. The van der Waals surface area contributed by atoms with Crippen molar-refractivity contribution in [1.82, 2.24) is 5.32 Å². The second-order valence-corrected chi connectivity index (χ2v) is 3.67. The second-order valence-electron chi connectivity index (χ2n) is 3.67. The molecule has 7 heteroatoms. The van der Waals surface area contributed by atoms with E-state index in [-0.39, 0.29) is 0 Å². The Hall–Kier alpha value is -0.280. The molecular formula is C9H19NO6. The van der Waals surface area contributed by atoms with Gasteiger partial charge in [0.15, 0.2) is 6.29 Å². The van der Waals surface area contributed by atoms with Gasteiger partial charge in [-0.2, -0.15) is 0 Å². The van der Waals surface area contributed by atoms with Crippen molar-refractivity contribution >= 4 is 0 Å². The van der Waals surface area contributed by atoms with E-state index in [1.54, 1.807) is 7.05 Å². The van der Waals surface area contributed by atoms with Gasteiger partial charge in [-0.05, 0) is 7.05 Å². The number of likely N-dealkylation sites (N-methyl/N-ethyl adjacent to an activating group) is 1.